The van der Waals surface area contributed by atoms with Gasteiger partial charge in [0.1, 0.15) is 5.82 Å². The fourth-order valence-electron chi connectivity index (χ4n) is 2.77. The summed E-state index contributed by atoms with van der Waals surface area (Å²) in [5, 5.41) is 0. The Bertz CT molecular complexity index is 313. The fraction of sp³-hybridized carbons (Fsp3) is 0.727. The molecule has 1 aromatic rings. The zero-order chi connectivity index (χ0) is 9.54. The Morgan fingerprint density at radius 1 is 1.36 bits per heavy atom. The Morgan fingerprint density at radius 3 is 2.86 bits per heavy atom. The number of rotatable bonds is 1. The van der Waals surface area contributed by atoms with Crippen LogP contribution in [0, 0.1) is 0 Å². The minimum atomic E-state index is 0.301. The first kappa shape index (κ1) is 8.48. The van der Waals surface area contributed by atoms with Crippen LogP contribution in [-0.2, 0) is 13.0 Å². The van der Waals surface area contributed by atoms with Gasteiger partial charge in [-0.1, -0.05) is 12.8 Å². The highest BCUT2D eigenvalue weighted by Crippen LogP contribution is 2.34. The molecule has 1 fully saturated rings. The van der Waals surface area contributed by atoms with E-state index in [-0.39, 0.29) is 0 Å². The average molecular weight is 191 g/mol. The molecule has 2 heterocycles. The largest absolute Gasteiger partial charge is 0.333 e. The summed E-state index contributed by atoms with van der Waals surface area (Å²) >= 11 is 0. The lowest BCUT2D eigenvalue weighted by atomic mass is 10.1. The zero-order valence-electron chi connectivity index (χ0n) is 8.45. The molecule has 0 bridgehead atoms. The lowest BCUT2D eigenvalue weighted by Crippen LogP contribution is -2.20. The van der Waals surface area contributed by atoms with E-state index in [1.54, 1.807) is 0 Å². The smallest absolute Gasteiger partial charge is 0.110 e. The molecular formula is C11H17N3. The van der Waals surface area contributed by atoms with E-state index in [0.717, 1.165) is 18.9 Å². The molecule has 3 rings (SSSR count). The van der Waals surface area contributed by atoms with Gasteiger partial charge in [-0.25, -0.2) is 4.98 Å². The van der Waals surface area contributed by atoms with Crippen LogP contribution in [0.4, 0.5) is 0 Å². The van der Waals surface area contributed by atoms with Crippen LogP contribution in [0.15, 0.2) is 6.20 Å². The Labute approximate surface area is 84.3 Å². The number of hydrogen-bond donors (Lipinski definition) is 1. The molecule has 2 N–H and O–H groups in total. The zero-order valence-corrected chi connectivity index (χ0v) is 8.45. The van der Waals surface area contributed by atoms with Gasteiger partial charge < -0.3 is 10.3 Å². The molecule has 1 aliphatic heterocycles. The van der Waals surface area contributed by atoms with Gasteiger partial charge in [0.25, 0.3) is 0 Å². The van der Waals surface area contributed by atoms with Gasteiger partial charge in [0.05, 0.1) is 5.69 Å². The van der Waals surface area contributed by atoms with Crippen molar-refractivity contribution in [3.63, 3.8) is 0 Å². The van der Waals surface area contributed by atoms with Gasteiger partial charge in [0.15, 0.2) is 0 Å². The van der Waals surface area contributed by atoms with Crippen molar-refractivity contribution >= 4 is 0 Å². The van der Waals surface area contributed by atoms with E-state index in [9.17, 15) is 0 Å². The third-order valence-corrected chi connectivity index (χ3v) is 3.53. The number of imidazole rings is 1. The van der Waals surface area contributed by atoms with Crippen molar-refractivity contribution in [3.8, 4) is 0 Å². The van der Waals surface area contributed by atoms with Crippen molar-refractivity contribution in [1.29, 1.82) is 0 Å². The second-order valence-electron chi connectivity index (χ2n) is 4.68. The van der Waals surface area contributed by atoms with Crippen LogP contribution < -0.4 is 5.73 Å². The minimum absolute atomic E-state index is 0.301. The van der Waals surface area contributed by atoms with E-state index in [1.165, 1.54) is 37.2 Å². The first-order chi connectivity index (χ1) is 6.83. The molecule has 0 spiro atoms. The van der Waals surface area contributed by atoms with Gasteiger partial charge >= 0.3 is 0 Å². The van der Waals surface area contributed by atoms with E-state index in [2.05, 4.69) is 10.8 Å². The summed E-state index contributed by atoms with van der Waals surface area (Å²) in [6, 6.07) is 0.301. The van der Waals surface area contributed by atoms with Crippen LogP contribution in [0.2, 0.25) is 0 Å². The van der Waals surface area contributed by atoms with E-state index in [0.29, 0.717) is 6.04 Å². The highest BCUT2D eigenvalue weighted by molar-refractivity contribution is 5.14. The summed E-state index contributed by atoms with van der Waals surface area (Å²) in [6.45, 7) is 0.967. The molecule has 0 radical (unpaired) electrons. The average Bonchev–Trinajstić information content (AvgIpc) is 2.74. The molecular weight excluding hydrogens is 174 g/mol. The Kier molecular flexibility index (Phi) is 1.87. The molecule has 1 aliphatic carbocycles. The number of aromatic nitrogens is 2. The van der Waals surface area contributed by atoms with Crippen molar-refractivity contribution in [2.45, 2.75) is 50.6 Å². The van der Waals surface area contributed by atoms with Crippen LogP contribution in [0.1, 0.15) is 43.1 Å². The van der Waals surface area contributed by atoms with Gasteiger partial charge in [0.2, 0.25) is 0 Å². The molecule has 0 amide bonds. The summed E-state index contributed by atoms with van der Waals surface area (Å²) in [6.07, 6.45) is 8.63. The summed E-state index contributed by atoms with van der Waals surface area (Å²) in [5.74, 6) is 1.95. The van der Waals surface area contributed by atoms with Crippen molar-refractivity contribution in [2.24, 2.45) is 5.73 Å². The summed E-state index contributed by atoms with van der Waals surface area (Å²) < 4.78 is 2.25. The highest BCUT2D eigenvalue weighted by Gasteiger charge is 2.25. The predicted octanol–water partition coefficient (Wildman–Crippen LogP) is 1.42. The SMILES string of the molecule is NC1Cc2nc(C3CCCC3)cn2C1. The monoisotopic (exact) mass is 191 g/mol. The number of fused-ring (bicyclic) bond motifs is 1. The minimum Gasteiger partial charge on any atom is -0.333 e. The van der Waals surface area contributed by atoms with Crippen molar-refractivity contribution in [1.82, 2.24) is 9.55 Å². The van der Waals surface area contributed by atoms with Crippen molar-refractivity contribution < 1.29 is 0 Å². The second kappa shape index (κ2) is 3.09. The van der Waals surface area contributed by atoms with Crippen LogP contribution in [0.25, 0.3) is 0 Å². The molecule has 0 aromatic carbocycles. The maximum atomic E-state index is 5.87. The quantitative estimate of drug-likeness (QED) is 0.729. The van der Waals surface area contributed by atoms with Crippen molar-refractivity contribution in [2.75, 3.05) is 0 Å². The molecule has 2 aliphatic rings. The number of nitrogens with zero attached hydrogens (tertiary/aromatic N) is 2. The molecule has 1 saturated carbocycles. The Hall–Kier alpha value is -0.830. The maximum absolute atomic E-state index is 5.87. The molecule has 1 unspecified atom stereocenters. The third kappa shape index (κ3) is 1.27. The van der Waals surface area contributed by atoms with Gasteiger partial charge in [-0.15, -0.1) is 0 Å². The van der Waals surface area contributed by atoms with E-state index in [1.807, 2.05) is 0 Å². The normalized spacial score (nSPS) is 27.1. The summed E-state index contributed by atoms with van der Waals surface area (Å²) in [4.78, 5) is 4.71. The Morgan fingerprint density at radius 2 is 2.14 bits per heavy atom. The van der Waals surface area contributed by atoms with Gasteiger partial charge in [-0.05, 0) is 12.8 Å². The molecule has 3 heteroatoms. The van der Waals surface area contributed by atoms with E-state index >= 15 is 0 Å². The van der Waals surface area contributed by atoms with Gasteiger partial charge in [-0.2, -0.15) is 0 Å². The second-order valence-corrected chi connectivity index (χ2v) is 4.68. The number of nitrogens with two attached hydrogens (primary N) is 1. The van der Waals surface area contributed by atoms with Crippen LogP contribution >= 0.6 is 0 Å². The third-order valence-electron chi connectivity index (χ3n) is 3.53. The molecule has 1 aromatic heterocycles. The molecule has 3 nitrogen and oxygen atoms in total. The fourth-order valence-corrected chi connectivity index (χ4v) is 2.77. The van der Waals surface area contributed by atoms with E-state index in [4.69, 9.17) is 10.7 Å². The first-order valence-corrected chi connectivity index (χ1v) is 5.64. The molecule has 1 atom stereocenters. The maximum Gasteiger partial charge on any atom is 0.110 e. The van der Waals surface area contributed by atoms with Crippen LogP contribution in [0.3, 0.4) is 0 Å². The number of hydrogen-bond acceptors (Lipinski definition) is 2. The summed E-state index contributed by atoms with van der Waals surface area (Å²) in [5.41, 5.74) is 7.20. The molecule has 76 valence electrons. The van der Waals surface area contributed by atoms with Crippen LogP contribution in [-0.4, -0.2) is 15.6 Å². The lowest BCUT2D eigenvalue weighted by molar-refractivity contribution is 0.630. The first-order valence-electron chi connectivity index (χ1n) is 5.64. The van der Waals surface area contributed by atoms with Gasteiger partial charge in [-0.3, -0.25) is 0 Å². The standard InChI is InChI=1S/C11H17N3/c12-9-5-11-13-10(7-14(11)6-9)8-3-1-2-4-8/h7-9H,1-6,12H2. The summed E-state index contributed by atoms with van der Waals surface area (Å²) in [7, 11) is 0. The van der Waals surface area contributed by atoms with Gasteiger partial charge in [0, 0.05) is 31.1 Å². The predicted molar refractivity (Wildman–Crippen MR) is 55.1 cm³/mol. The van der Waals surface area contributed by atoms with Crippen molar-refractivity contribution in [3.05, 3.63) is 17.7 Å². The topological polar surface area (TPSA) is 43.8 Å². The lowest BCUT2D eigenvalue weighted by Gasteiger charge is -2.04. The molecule has 14 heavy (non-hydrogen) atoms. The van der Waals surface area contributed by atoms with Crippen LogP contribution in [0.5, 0.6) is 0 Å². The molecule has 0 saturated heterocycles. The Balaban J connectivity index is 1.85. The highest BCUT2D eigenvalue weighted by atomic mass is 15.1. The van der Waals surface area contributed by atoms with E-state index < -0.39 is 0 Å².